The van der Waals surface area contributed by atoms with Crippen molar-refractivity contribution in [2.75, 3.05) is 0 Å². The molecule has 0 unspecified atom stereocenters. The molecule has 0 aliphatic carbocycles. The number of aliphatic carboxylic acids is 1. The van der Waals surface area contributed by atoms with Gasteiger partial charge in [0.2, 0.25) is 0 Å². The lowest BCUT2D eigenvalue weighted by atomic mass is 10.1. The summed E-state index contributed by atoms with van der Waals surface area (Å²) in [5.74, 6) is -2.29. The molecule has 2 aromatic carbocycles. The Morgan fingerprint density at radius 3 is 2.20 bits per heavy atom. The second-order valence-electron chi connectivity index (χ2n) is 4.09. The van der Waals surface area contributed by atoms with Crippen LogP contribution in [0, 0.1) is 0 Å². The molecule has 0 spiro atoms. The van der Waals surface area contributed by atoms with Crippen molar-refractivity contribution in [1.29, 1.82) is 0 Å². The maximum Gasteiger partial charge on any atom is 0.326 e. The van der Waals surface area contributed by atoms with E-state index in [4.69, 9.17) is 2.74 Å². The molecule has 2 rings (SSSR count). The molecular weight excluding hydrogens is 254 g/mol. The van der Waals surface area contributed by atoms with E-state index in [1.165, 1.54) is 12.1 Å². The van der Waals surface area contributed by atoms with E-state index in [9.17, 15) is 14.7 Å². The molecule has 0 fully saturated rings. The molecule has 0 aromatic heterocycles. The van der Waals surface area contributed by atoms with Gasteiger partial charge in [-0.1, -0.05) is 48.5 Å². The molecule has 0 aliphatic rings. The Kier molecular flexibility index (Phi) is 3.66. The molecule has 2 atom stereocenters. The summed E-state index contributed by atoms with van der Waals surface area (Å²) >= 11 is 0. The summed E-state index contributed by atoms with van der Waals surface area (Å²) in [6, 6.07) is 13.7. The number of carboxylic acid groups (broad SMARTS) is 1. The lowest BCUT2D eigenvalue weighted by Crippen LogP contribution is -2.42. The van der Waals surface area contributed by atoms with Crippen LogP contribution in [0.25, 0.3) is 0 Å². The first-order valence-corrected chi connectivity index (χ1v) is 6.03. The highest BCUT2D eigenvalue weighted by Gasteiger charge is 2.20. The normalized spacial score (nSPS) is 16.2. The molecular formula is C16H15NO3. The standard InChI is InChI=1S/C16H15NO3/c18-15(13-9-5-2-6-10-13)17-14(16(19)20)11-12-7-3-1-4-8-12/h1-10,14H,11H2,(H,17,18)(H,19,20)/t14-/m0/s1/i11D,14D/t11-,14-. The van der Waals surface area contributed by atoms with Gasteiger partial charge in [-0.3, -0.25) is 4.79 Å². The highest BCUT2D eigenvalue weighted by Crippen LogP contribution is 2.05. The van der Waals surface area contributed by atoms with Gasteiger partial charge in [-0.15, -0.1) is 0 Å². The summed E-state index contributed by atoms with van der Waals surface area (Å²) in [7, 11) is 0. The van der Waals surface area contributed by atoms with Crippen LogP contribution < -0.4 is 5.32 Å². The van der Waals surface area contributed by atoms with Crippen LogP contribution in [-0.4, -0.2) is 23.0 Å². The van der Waals surface area contributed by atoms with Gasteiger partial charge in [0.1, 0.15) is 6.02 Å². The average Bonchev–Trinajstić information content (AvgIpc) is 2.55. The predicted molar refractivity (Wildman–Crippen MR) is 75.5 cm³/mol. The van der Waals surface area contributed by atoms with Crippen LogP contribution in [-0.2, 0) is 11.2 Å². The third-order valence-corrected chi connectivity index (χ3v) is 2.63. The molecule has 0 radical (unpaired) electrons. The van der Waals surface area contributed by atoms with Crippen molar-refractivity contribution < 1.29 is 17.4 Å². The van der Waals surface area contributed by atoms with Crippen molar-refractivity contribution in [1.82, 2.24) is 5.32 Å². The van der Waals surface area contributed by atoms with E-state index in [1.807, 2.05) is 0 Å². The number of rotatable bonds is 5. The molecule has 102 valence electrons. The molecule has 2 N–H and O–H groups in total. The lowest BCUT2D eigenvalue weighted by molar-refractivity contribution is -0.139. The van der Waals surface area contributed by atoms with Crippen LogP contribution in [0.1, 0.15) is 18.7 Å². The molecule has 1 amide bonds. The van der Waals surface area contributed by atoms with Gasteiger partial charge < -0.3 is 10.4 Å². The third-order valence-electron chi connectivity index (χ3n) is 2.63. The number of amides is 1. The van der Waals surface area contributed by atoms with Crippen molar-refractivity contribution in [2.45, 2.75) is 12.4 Å². The summed E-state index contributed by atoms with van der Waals surface area (Å²) in [5.41, 5.74) is 0.578. The minimum Gasteiger partial charge on any atom is -0.480 e. The van der Waals surface area contributed by atoms with Gasteiger partial charge in [0.15, 0.2) is 0 Å². The van der Waals surface area contributed by atoms with Crippen molar-refractivity contribution in [2.24, 2.45) is 0 Å². The van der Waals surface area contributed by atoms with Crippen molar-refractivity contribution in [3.63, 3.8) is 0 Å². The van der Waals surface area contributed by atoms with Crippen LogP contribution in [0.15, 0.2) is 60.7 Å². The zero-order valence-corrected chi connectivity index (χ0v) is 10.6. The Morgan fingerprint density at radius 2 is 1.65 bits per heavy atom. The van der Waals surface area contributed by atoms with E-state index < -0.39 is 24.3 Å². The predicted octanol–water partition coefficient (Wildman–Crippen LogP) is 2.11. The maximum atomic E-state index is 12.1. The average molecular weight is 271 g/mol. The summed E-state index contributed by atoms with van der Waals surface area (Å²) in [6.45, 7) is 0. The van der Waals surface area contributed by atoms with E-state index in [1.54, 1.807) is 48.5 Å². The zero-order chi connectivity index (χ0) is 16.2. The fourth-order valence-corrected chi connectivity index (χ4v) is 1.65. The molecule has 20 heavy (non-hydrogen) atoms. The quantitative estimate of drug-likeness (QED) is 0.875. The summed E-state index contributed by atoms with van der Waals surface area (Å²) in [4.78, 5) is 23.6. The first-order valence-electron chi connectivity index (χ1n) is 7.11. The Balaban J connectivity index is 2.29. The second-order valence-corrected chi connectivity index (χ2v) is 4.09. The van der Waals surface area contributed by atoms with Gasteiger partial charge in [-0.25, -0.2) is 4.79 Å². The Hall–Kier alpha value is -2.62. The van der Waals surface area contributed by atoms with Crippen molar-refractivity contribution in [3.05, 3.63) is 71.8 Å². The topological polar surface area (TPSA) is 66.4 Å². The monoisotopic (exact) mass is 271 g/mol. The number of carbonyl (C=O) groups excluding carboxylic acids is 1. The van der Waals surface area contributed by atoms with E-state index in [0.717, 1.165) is 0 Å². The number of benzene rings is 2. The number of nitrogens with one attached hydrogen (secondary N) is 1. The number of carbonyl (C=O) groups is 2. The number of hydrogen-bond donors (Lipinski definition) is 2. The SMILES string of the molecule is [2H][C@@H](c1ccccc1)[C@]([2H])(NC(=O)c1ccccc1)C(=O)O. The van der Waals surface area contributed by atoms with E-state index in [2.05, 4.69) is 5.32 Å². The van der Waals surface area contributed by atoms with Gasteiger partial charge in [0.25, 0.3) is 5.91 Å². The number of carboxylic acids is 1. The summed E-state index contributed by atoms with van der Waals surface area (Å²) in [5, 5.41) is 11.5. The van der Waals surface area contributed by atoms with Gasteiger partial charge in [0, 0.05) is 13.3 Å². The largest absolute Gasteiger partial charge is 0.480 e. The van der Waals surface area contributed by atoms with Gasteiger partial charge in [0.05, 0.1) is 1.37 Å². The molecule has 0 saturated carbocycles. The highest BCUT2D eigenvalue weighted by atomic mass is 16.4. The Bertz CT molecular complexity index is 664. The molecule has 0 saturated heterocycles. The smallest absolute Gasteiger partial charge is 0.326 e. The zero-order valence-electron chi connectivity index (χ0n) is 12.6. The van der Waals surface area contributed by atoms with Crippen LogP contribution in [0.5, 0.6) is 0 Å². The van der Waals surface area contributed by atoms with E-state index >= 15 is 0 Å². The minimum atomic E-state index is -2.48. The van der Waals surface area contributed by atoms with Gasteiger partial charge >= 0.3 is 5.97 Å². The minimum absolute atomic E-state index is 0.237. The molecule has 0 heterocycles. The van der Waals surface area contributed by atoms with Crippen LogP contribution >= 0.6 is 0 Å². The fraction of sp³-hybridized carbons (Fsp3) is 0.125. The third kappa shape index (κ3) is 3.68. The molecule has 4 nitrogen and oxygen atoms in total. The first kappa shape index (κ1) is 11.2. The molecule has 2 aromatic rings. The second kappa shape index (κ2) is 6.52. The van der Waals surface area contributed by atoms with Gasteiger partial charge in [-0.05, 0) is 17.7 Å². The Labute approximate surface area is 119 Å². The van der Waals surface area contributed by atoms with Gasteiger partial charge in [-0.2, -0.15) is 0 Å². The first-order chi connectivity index (χ1) is 10.4. The molecule has 0 aliphatic heterocycles. The summed E-state index contributed by atoms with van der Waals surface area (Å²) in [6.07, 6.45) is -1.46. The van der Waals surface area contributed by atoms with Crippen molar-refractivity contribution >= 4 is 11.9 Å². The number of hydrogen-bond acceptors (Lipinski definition) is 2. The highest BCUT2D eigenvalue weighted by molar-refractivity contribution is 5.96. The van der Waals surface area contributed by atoms with Crippen LogP contribution in [0.3, 0.4) is 0 Å². The lowest BCUT2D eigenvalue weighted by Gasteiger charge is -2.14. The summed E-state index contributed by atoms with van der Waals surface area (Å²) < 4.78 is 16.1. The van der Waals surface area contributed by atoms with Crippen LogP contribution in [0.4, 0.5) is 0 Å². The van der Waals surface area contributed by atoms with Crippen LogP contribution in [0.2, 0.25) is 0 Å². The maximum absolute atomic E-state index is 12.1. The molecule has 0 bridgehead atoms. The van der Waals surface area contributed by atoms with E-state index in [-0.39, 0.29) is 5.56 Å². The Morgan fingerprint density at radius 1 is 1.10 bits per heavy atom. The van der Waals surface area contributed by atoms with E-state index in [0.29, 0.717) is 5.56 Å². The molecule has 4 heteroatoms. The fourth-order valence-electron chi connectivity index (χ4n) is 1.65. The van der Waals surface area contributed by atoms with Crippen molar-refractivity contribution in [3.8, 4) is 0 Å².